The molecular formula is C11H15NO4. The standard InChI is InChI=1S/C11H15NO4/c1-7-4-5-12-10(9(7)11(13)14)16-8(2)6-15-3/h4-5,8H,6H2,1-3H3,(H,13,14). The van der Waals surface area contributed by atoms with Gasteiger partial charge in [0.1, 0.15) is 11.7 Å². The Kier molecular flexibility index (Phi) is 4.25. The molecule has 88 valence electrons. The van der Waals surface area contributed by atoms with E-state index in [1.807, 2.05) is 0 Å². The van der Waals surface area contributed by atoms with Crippen molar-refractivity contribution < 1.29 is 19.4 Å². The minimum atomic E-state index is -1.04. The number of hydrogen-bond acceptors (Lipinski definition) is 4. The van der Waals surface area contributed by atoms with E-state index in [9.17, 15) is 4.79 Å². The third-order valence-electron chi connectivity index (χ3n) is 2.05. The van der Waals surface area contributed by atoms with Gasteiger partial charge < -0.3 is 14.6 Å². The van der Waals surface area contributed by atoms with Crippen LogP contribution in [0.2, 0.25) is 0 Å². The fourth-order valence-corrected chi connectivity index (χ4v) is 1.34. The molecule has 0 fully saturated rings. The predicted octanol–water partition coefficient (Wildman–Crippen LogP) is 1.50. The van der Waals surface area contributed by atoms with E-state index in [0.29, 0.717) is 12.2 Å². The van der Waals surface area contributed by atoms with Crippen molar-refractivity contribution in [3.63, 3.8) is 0 Å². The van der Waals surface area contributed by atoms with Crippen LogP contribution in [0.1, 0.15) is 22.8 Å². The molecule has 0 aromatic carbocycles. The number of ether oxygens (including phenoxy) is 2. The number of aryl methyl sites for hydroxylation is 1. The normalized spacial score (nSPS) is 12.2. The van der Waals surface area contributed by atoms with Crippen molar-refractivity contribution in [2.24, 2.45) is 0 Å². The fourth-order valence-electron chi connectivity index (χ4n) is 1.34. The Hall–Kier alpha value is -1.62. The lowest BCUT2D eigenvalue weighted by Crippen LogP contribution is -2.20. The van der Waals surface area contributed by atoms with Gasteiger partial charge in [0.15, 0.2) is 0 Å². The summed E-state index contributed by atoms with van der Waals surface area (Å²) in [5.41, 5.74) is 0.729. The molecular weight excluding hydrogens is 210 g/mol. The summed E-state index contributed by atoms with van der Waals surface area (Å²) >= 11 is 0. The first-order chi connectivity index (χ1) is 7.56. The number of carboxylic acid groups (broad SMARTS) is 1. The van der Waals surface area contributed by atoms with Crippen molar-refractivity contribution >= 4 is 5.97 Å². The van der Waals surface area contributed by atoms with Crippen molar-refractivity contribution in [1.29, 1.82) is 0 Å². The number of hydrogen-bond donors (Lipinski definition) is 1. The maximum Gasteiger partial charge on any atom is 0.341 e. The molecule has 5 heteroatoms. The molecule has 1 N–H and O–H groups in total. The molecule has 0 aliphatic rings. The zero-order chi connectivity index (χ0) is 12.1. The lowest BCUT2D eigenvalue weighted by molar-refractivity contribution is 0.0667. The second-order valence-corrected chi connectivity index (χ2v) is 3.50. The van der Waals surface area contributed by atoms with Crippen molar-refractivity contribution in [3.8, 4) is 5.88 Å². The summed E-state index contributed by atoms with van der Waals surface area (Å²) < 4.78 is 10.3. The highest BCUT2D eigenvalue weighted by Crippen LogP contribution is 2.19. The van der Waals surface area contributed by atoms with Gasteiger partial charge in [-0.3, -0.25) is 0 Å². The van der Waals surface area contributed by atoms with Crippen LogP contribution in [0.25, 0.3) is 0 Å². The molecule has 1 atom stereocenters. The van der Waals surface area contributed by atoms with Crippen LogP contribution in [0.15, 0.2) is 12.3 Å². The lowest BCUT2D eigenvalue weighted by Gasteiger charge is -2.15. The Morgan fingerprint density at radius 2 is 2.31 bits per heavy atom. The van der Waals surface area contributed by atoms with E-state index < -0.39 is 5.97 Å². The highest BCUT2D eigenvalue weighted by molar-refractivity contribution is 5.91. The Morgan fingerprint density at radius 1 is 1.62 bits per heavy atom. The maximum absolute atomic E-state index is 11.0. The number of carboxylic acids is 1. The minimum absolute atomic E-state index is 0.102. The Labute approximate surface area is 94.0 Å². The van der Waals surface area contributed by atoms with E-state index in [0.717, 1.165) is 0 Å². The van der Waals surface area contributed by atoms with Gasteiger partial charge >= 0.3 is 5.97 Å². The van der Waals surface area contributed by atoms with Crippen LogP contribution in [-0.4, -0.2) is 35.9 Å². The van der Waals surface area contributed by atoms with Crippen LogP contribution in [-0.2, 0) is 4.74 Å². The summed E-state index contributed by atoms with van der Waals surface area (Å²) in [6.07, 6.45) is 1.29. The number of carbonyl (C=O) groups is 1. The van der Waals surface area contributed by atoms with E-state index in [2.05, 4.69) is 4.98 Å². The zero-order valence-electron chi connectivity index (χ0n) is 9.56. The molecule has 0 aliphatic heterocycles. The van der Waals surface area contributed by atoms with Gasteiger partial charge in [-0.05, 0) is 25.5 Å². The summed E-state index contributed by atoms with van der Waals surface area (Å²) in [5.74, 6) is -0.901. The third kappa shape index (κ3) is 2.93. The van der Waals surface area contributed by atoms with Crippen molar-refractivity contribution in [1.82, 2.24) is 4.98 Å². The first-order valence-corrected chi connectivity index (χ1v) is 4.90. The van der Waals surface area contributed by atoms with Gasteiger partial charge in [0.25, 0.3) is 0 Å². The van der Waals surface area contributed by atoms with Crippen molar-refractivity contribution in [2.45, 2.75) is 20.0 Å². The zero-order valence-corrected chi connectivity index (χ0v) is 9.56. The van der Waals surface area contributed by atoms with Crippen LogP contribution in [0.3, 0.4) is 0 Å². The van der Waals surface area contributed by atoms with Crippen LogP contribution >= 0.6 is 0 Å². The van der Waals surface area contributed by atoms with Crippen molar-refractivity contribution in [3.05, 3.63) is 23.4 Å². The topological polar surface area (TPSA) is 68.7 Å². The molecule has 0 saturated carbocycles. The van der Waals surface area contributed by atoms with Crippen molar-refractivity contribution in [2.75, 3.05) is 13.7 Å². The molecule has 0 radical (unpaired) electrons. The second-order valence-electron chi connectivity index (χ2n) is 3.50. The molecule has 0 spiro atoms. The first kappa shape index (κ1) is 12.4. The Morgan fingerprint density at radius 3 is 2.88 bits per heavy atom. The van der Waals surface area contributed by atoms with Crippen LogP contribution in [0.4, 0.5) is 0 Å². The quantitative estimate of drug-likeness (QED) is 0.822. The van der Waals surface area contributed by atoms with Crippen LogP contribution in [0.5, 0.6) is 5.88 Å². The van der Waals surface area contributed by atoms with Gasteiger partial charge in [-0.1, -0.05) is 0 Å². The number of pyridine rings is 1. The van der Waals surface area contributed by atoms with E-state index >= 15 is 0 Å². The van der Waals surface area contributed by atoms with Gasteiger partial charge in [0, 0.05) is 13.3 Å². The third-order valence-corrected chi connectivity index (χ3v) is 2.05. The maximum atomic E-state index is 11.0. The highest BCUT2D eigenvalue weighted by Gasteiger charge is 2.17. The van der Waals surface area contributed by atoms with E-state index in [1.54, 1.807) is 27.0 Å². The SMILES string of the molecule is COCC(C)Oc1nccc(C)c1C(=O)O. The first-order valence-electron chi connectivity index (χ1n) is 4.90. The molecule has 16 heavy (non-hydrogen) atoms. The molecule has 1 rings (SSSR count). The van der Waals surface area contributed by atoms with E-state index in [4.69, 9.17) is 14.6 Å². The Balaban J connectivity index is 2.95. The number of aromatic carboxylic acids is 1. The molecule has 0 bridgehead atoms. The smallest absolute Gasteiger partial charge is 0.341 e. The van der Waals surface area contributed by atoms with Gasteiger partial charge in [0.05, 0.1) is 6.61 Å². The average molecular weight is 225 g/mol. The van der Waals surface area contributed by atoms with Gasteiger partial charge in [-0.2, -0.15) is 0 Å². The second kappa shape index (κ2) is 5.46. The molecule has 5 nitrogen and oxygen atoms in total. The van der Waals surface area contributed by atoms with E-state index in [-0.39, 0.29) is 17.5 Å². The molecule has 1 unspecified atom stereocenters. The summed E-state index contributed by atoms with van der Waals surface area (Å²) in [4.78, 5) is 15.0. The number of methoxy groups -OCH3 is 1. The molecule has 1 aromatic heterocycles. The summed E-state index contributed by atoms with van der Waals surface area (Å²) in [5, 5.41) is 9.04. The molecule has 0 amide bonds. The van der Waals surface area contributed by atoms with Crippen LogP contribution in [0, 0.1) is 6.92 Å². The van der Waals surface area contributed by atoms with Gasteiger partial charge in [-0.15, -0.1) is 0 Å². The number of rotatable bonds is 5. The average Bonchev–Trinajstić information content (AvgIpc) is 2.17. The molecule has 0 aliphatic carbocycles. The molecule has 1 heterocycles. The van der Waals surface area contributed by atoms with Gasteiger partial charge in [0.2, 0.25) is 5.88 Å². The largest absolute Gasteiger partial charge is 0.477 e. The monoisotopic (exact) mass is 225 g/mol. The number of nitrogens with zero attached hydrogens (tertiary/aromatic N) is 1. The molecule has 1 aromatic rings. The van der Waals surface area contributed by atoms with Crippen LogP contribution < -0.4 is 4.74 Å². The number of aromatic nitrogens is 1. The predicted molar refractivity (Wildman–Crippen MR) is 57.9 cm³/mol. The molecule has 0 saturated heterocycles. The fraction of sp³-hybridized carbons (Fsp3) is 0.455. The summed E-state index contributed by atoms with van der Waals surface area (Å²) in [6.45, 7) is 3.88. The lowest BCUT2D eigenvalue weighted by atomic mass is 10.1. The minimum Gasteiger partial charge on any atom is -0.477 e. The Bertz CT molecular complexity index is 378. The summed E-state index contributed by atoms with van der Waals surface area (Å²) in [6, 6.07) is 1.64. The summed E-state index contributed by atoms with van der Waals surface area (Å²) in [7, 11) is 1.56. The van der Waals surface area contributed by atoms with Gasteiger partial charge in [-0.25, -0.2) is 9.78 Å². The van der Waals surface area contributed by atoms with E-state index in [1.165, 1.54) is 6.20 Å². The highest BCUT2D eigenvalue weighted by atomic mass is 16.5.